The minimum atomic E-state index is -0.481. The number of rotatable bonds is 9. The molecule has 0 saturated carbocycles. The van der Waals surface area contributed by atoms with Crippen molar-refractivity contribution in [3.05, 3.63) is 112 Å². The third-order valence-electron chi connectivity index (χ3n) is 4.96. The molecule has 1 aromatic heterocycles. The average molecular weight is 455 g/mol. The number of nitrogens with one attached hydrogen (secondary N) is 2. The lowest BCUT2D eigenvalue weighted by Gasteiger charge is -2.06. The molecule has 0 radical (unpaired) electrons. The molecule has 0 spiro atoms. The van der Waals surface area contributed by atoms with E-state index >= 15 is 0 Å². The van der Waals surface area contributed by atoms with E-state index in [0.29, 0.717) is 17.9 Å². The zero-order valence-corrected chi connectivity index (χ0v) is 18.0. The molecule has 4 aromatic rings. The summed E-state index contributed by atoms with van der Waals surface area (Å²) in [4.78, 5) is 22.5. The number of nitro groups is 1. The summed E-state index contributed by atoms with van der Waals surface area (Å²) in [5.74, 6) is 0.298. The van der Waals surface area contributed by atoms with Crippen molar-refractivity contribution in [1.82, 2.24) is 15.6 Å². The minimum absolute atomic E-state index is 0.0158. The molecule has 0 aliphatic carbocycles. The van der Waals surface area contributed by atoms with Crippen molar-refractivity contribution in [3.63, 3.8) is 0 Å². The van der Waals surface area contributed by atoms with E-state index in [1.165, 1.54) is 36.0 Å². The number of H-pyrrole nitrogens is 1. The van der Waals surface area contributed by atoms with Crippen LogP contribution in [0.2, 0.25) is 0 Å². The van der Waals surface area contributed by atoms with Gasteiger partial charge in [-0.2, -0.15) is 10.2 Å². The molecule has 0 atom stereocenters. The highest BCUT2D eigenvalue weighted by molar-refractivity contribution is 5.94. The highest BCUT2D eigenvalue weighted by atomic mass is 16.6. The molecule has 9 heteroatoms. The van der Waals surface area contributed by atoms with Gasteiger partial charge in [0.1, 0.15) is 11.4 Å². The molecule has 0 bridgehead atoms. The number of hydrogen-bond acceptors (Lipinski definition) is 6. The molecule has 0 saturated heterocycles. The average Bonchev–Trinajstić information content (AvgIpc) is 3.36. The summed E-state index contributed by atoms with van der Waals surface area (Å²) in [6, 6.07) is 25.1. The number of hydrogen-bond donors (Lipinski definition) is 2. The third-order valence-corrected chi connectivity index (χ3v) is 4.96. The fourth-order valence-electron chi connectivity index (χ4n) is 3.15. The van der Waals surface area contributed by atoms with E-state index in [-0.39, 0.29) is 11.4 Å². The molecule has 1 amide bonds. The first kappa shape index (κ1) is 22.4. The largest absolute Gasteiger partial charge is 0.493 e. The Labute approximate surface area is 195 Å². The molecule has 0 unspecified atom stereocenters. The van der Waals surface area contributed by atoms with Crippen LogP contribution < -0.4 is 10.2 Å². The van der Waals surface area contributed by atoms with E-state index in [1.807, 2.05) is 42.5 Å². The van der Waals surface area contributed by atoms with Crippen LogP contribution in [0.1, 0.15) is 21.6 Å². The van der Waals surface area contributed by atoms with Crippen molar-refractivity contribution in [2.75, 3.05) is 6.61 Å². The molecule has 0 fully saturated rings. The van der Waals surface area contributed by atoms with Crippen LogP contribution in [0.25, 0.3) is 11.3 Å². The maximum Gasteiger partial charge on any atom is 0.289 e. The molecule has 9 nitrogen and oxygen atoms in total. The summed E-state index contributed by atoms with van der Waals surface area (Å²) in [5.41, 5.74) is 5.91. The lowest BCUT2D eigenvalue weighted by atomic mass is 10.1. The van der Waals surface area contributed by atoms with E-state index in [4.69, 9.17) is 4.74 Å². The molecule has 34 heavy (non-hydrogen) atoms. The summed E-state index contributed by atoms with van der Waals surface area (Å²) < 4.78 is 5.80. The third kappa shape index (κ3) is 5.92. The van der Waals surface area contributed by atoms with Crippen molar-refractivity contribution in [1.29, 1.82) is 0 Å². The molecule has 170 valence electrons. The maximum atomic E-state index is 12.3. The molecule has 3 aromatic carbocycles. The Bertz CT molecular complexity index is 1280. The number of aromatic nitrogens is 2. The van der Waals surface area contributed by atoms with Gasteiger partial charge < -0.3 is 4.74 Å². The molecule has 2 N–H and O–H groups in total. The lowest BCUT2D eigenvalue weighted by Crippen LogP contribution is -2.17. The number of carbonyl (C=O) groups is 1. The van der Waals surface area contributed by atoms with Crippen LogP contribution in [0.4, 0.5) is 5.69 Å². The van der Waals surface area contributed by atoms with Crippen molar-refractivity contribution < 1.29 is 14.5 Å². The monoisotopic (exact) mass is 455 g/mol. The van der Waals surface area contributed by atoms with Gasteiger partial charge in [0.2, 0.25) is 0 Å². The van der Waals surface area contributed by atoms with Gasteiger partial charge in [0.25, 0.3) is 11.6 Å². The SMILES string of the molecule is O=C(N/N=C/c1ccc([N+](=O)[O-])cc1)c1cc(-c2ccc(OCCc3ccccc3)cc2)n[nH]1. The number of amides is 1. The zero-order chi connectivity index (χ0) is 23.8. The number of nitrogens with zero attached hydrogens (tertiary/aromatic N) is 3. The van der Waals surface area contributed by atoms with Crippen LogP contribution in [-0.4, -0.2) is 33.8 Å². The molecule has 0 aliphatic rings. The number of non-ortho nitro benzene ring substituents is 1. The predicted octanol–water partition coefficient (Wildman–Crippen LogP) is 4.37. The maximum absolute atomic E-state index is 12.3. The number of carbonyl (C=O) groups excluding carboxylic acids is 1. The van der Waals surface area contributed by atoms with Gasteiger partial charge in [0.15, 0.2) is 0 Å². The van der Waals surface area contributed by atoms with Crippen molar-refractivity contribution in [2.45, 2.75) is 6.42 Å². The summed E-state index contributed by atoms with van der Waals surface area (Å²) in [7, 11) is 0. The number of benzene rings is 3. The van der Waals surface area contributed by atoms with Gasteiger partial charge in [-0.3, -0.25) is 20.0 Å². The first-order valence-corrected chi connectivity index (χ1v) is 10.5. The summed E-state index contributed by atoms with van der Waals surface area (Å²) in [5, 5.41) is 21.4. The summed E-state index contributed by atoms with van der Waals surface area (Å²) in [6.45, 7) is 0.580. The summed E-state index contributed by atoms with van der Waals surface area (Å²) in [6.07, 6.45) is 2.22. The Balaban J connectivity index is 1.29. The number of nitro benzene ring substituents is 1. The first-order valence-electron chi connectivity index (χ1n) is 10.5. The van der Waals surface area contributed by atoms with Crippen LogP contribution in [0, 0.1) is 10.1 Å². The van der Waals surface area contributed by atoms with Gasteiger partial charge in [0.05, 0.1) is 23.4 Å². The Morgan fingerprint density at radius 3 is 2.50 bits per heavy atom. The van der Waals surface area contributed by atoms with E-state index < -0.39 is 10.8 Å². The number of aromatic amines is 1. The van der Waals surface area contributed by atoms with Crippen molar-refractivity contribution in [2.24, 2.45) is 5.10 Å². The van der Waals surface area contributed by atoms with Crippen LogP contribution in [0.5, 0.6) is 5.75 Å². The van der Waals surface area contributed by atoms with E-state index in [0.717, 1.165) is 17.7 Å². The highest BCUT2D eigenvalue weighted by Gasteiger charge is 2.11. The highest BCUT2D eigenvalue weighted by Crippen LogP contribution is 2.21. The Morgan fingerprint density at radius 1 is 1.06 bits per heavy atom. The van der Waals surface area contributed by atoms with E-state index in [1.54, 1.807) is 6.07 Å². The van der Waals surface area contributed by atoms with Crippen LogP contribution in [0.3, 0.4) is 0 Å². The van der Waals surface area contributed by atoms with Gasteiger partial charge in [0, 0.05) is 24.1 Å². The Morgan fingerprint density at radius 2 is 1.79 bits per heavy atom. The van der Waals surface area contributed by atoms with Gasteiger partial charge in [-0.15, -0.1) is 0 Å². The van der Waals surface area contributed by atoms with E-state index in [2.05, 4.69) is 32.9 Å². The number of hydrazone groups is 1. The van der Waals surface area contributed by atoms with Crippen molar-refractivity contribution >= 4 is 17.8 Å². The lowest BCUT2D eigenvalue weighted by molar-refractivity contribution is -0.384. The number of ether oxygens (including phenoxy) is 1. The van der Waals surface area contributed by atoms with E-state index in [9.17, 15) is 14.9 Å². The van der Waals surface area contributed by atoms with Crippen molar-refractivity contribution in [3.8, 4) is 17.0 Å². The Kier molecular flexibility index (Phi) is 7.04. The van der Waals surface area contributed by atoms with Crippen LogP contribution in [0.15, 0.2) is 90.0 Å². The fourth-order valence-corrected chi connectivity index (χ4v) is 3.15. The first-order chi connectivity index (χ1) is 16.6. The molecule has 0 aliphatic heterocycles. The molecule has 4 rings (SSSR count). The second kappa shape index (κ2) is 10.7. The second-order valence-corrected chi connectivity index (χ2v) is 7.32. The van der Waals surface area contributed by atoms with Crippen LogP contribution >= 0.6 is 0 Å². The zero-order valence-electron chi connectivity index (χ0n) is 18.0. The van der Waals surface area contributed by atoms with Crippen LogP contribution in [-0.2, 0) is 6.42 Å². The standard InChI is InChI=1S/C25H21N5O4/c31-25(29-26-17-19-6-10-21(11-7-19)30(32)33)24-16-23(27-28-24)20-8-12-22(13-9-20)34-15-14-18-4-2-1-3-5-18/h1-13,16-17H,14-15H2,(H,27,28)(H,29,31)/b26-17+. The van der Waals surface area contributed by atoms with Gasteiger partial charge in [-0.05, 0) is 53.6 Å². The summed E-state index contributed by atoms with van der Waals surface area (Å²) >= 11 is 0. The molecular weight excluding hydrogens is 434 g/mol. The van der Waals surface area contributed by atoms with Gasteiger partial charge >= 0.3 is 0 Å². The minimum Gasteiger partial charge on any atom is -0.493 e. The van der Waals surface area contributed by atoms with Gasteiger partial charge in [-0.25, -0.2) is 5.43 Å². The topological polar surface area (TPSA) is 123 Å². The smallest absolute Gasteiger partial charge is 0.289 e. The molecular formula is C25H21N5O4. The molecule has 1 heterocycles. The van der Waals surface area contributed by atoms with Gasteiger partial charge in [-0.1, -0.05) is 30.3 Å². The normalized spacial score (nSPS) is 10.8. The fraction of sp³-hybridized carbons (Fsp3) is 0.0800. The Hall–Kier alpha value is -4.79. The quantitative estimate of drug-likeness (QED) is 0.220. The predicted molar refractivity (Wildman–Crippen MR) is 128 cm³/mol. The second-order valence-electron chi connectivity index (χ2n) is 7.32.